The predicted molar refractivity (Wildman–Crippen MR) is 114 cm³/mol. The lowest BCUT2D eigenvalue weighted by Crippen LogP contribution is -2.36. The van der Waals surface area contributed by atoms with Crippen LogP contribution in [0.1, 0.15) is 18.9 Å². The van der Waals surface area contributed by atoms with Crippen molar-refractivity contribution in [3.63, 3.8) is 0 Å². The van der Waals surface area contributed by atoms with Gasteiger partial charge in [-0.1, -0.05) is 28.9 Å². The van der Waals surface area contributed by atoms with Crippen molar-refractivity contribution in [1.29, 1.82) is 0 Å². The van der Waals surface area contributed by atoms with Gasteiger partial charge in [0.05, 0.1) is 27.5 Å². The molecule has 1 amide bonds. The van der Waals surface area contributed by atoms with Crippen LogP contribution in [0.2, 0.25) is 0 Å². The summed E-state index contributed by atoms with van der Waals surface area (Å²) < 4.78 is 16.9. The van der Waals surface area contributed by atoms with Gasteiger partial charge in [-0.25, -0.2) is 5.43 Å². The third-order valence-electron chi connectivity index (χ3n) is 3.97. The Kier molecular flexibility index (Phi) is 8.13. The van der Waals surface area contributed by atoms with Crippen LogP contribution in [-0.2, 0) is 4.79 Å². The Balaban J connectivity index is 2.07. The number of hydrazone groups is 1. The smallest absolute Gasteiger partial charge is 0.262 e. The molecule has 2 rings (SSSR count). The van der Waals surface area contributed by atoms with Crippen molar-refractivity contribution in [1.82, 2.24) is 5.43 Å². The van der Waals surface area contributed by atoms with Gasteiger partial charge in [-0.05, 0) is 36.8 Å². The SMILES string of the molecule is CCC(Nc1cccc(Br)c1)C(=O)N/N=C\c1cc(OC)c(OC)c(OC)c1. The standard InChI is InChI=1S/C20H24BrN3O4/c1-5-16(23-15-8-6-7-14(21)11-15)20(25)24-22-12-13-9-17(26-2)19(28-4)18(10-13)27-3/h6-12,16,23H,5H2,1-4H3,(H,24,25)/b22-12-. The first kappa shape index (κ1) is 21.6. The van der Waals surface area contributed by atoms with Crippen LogP contribution in [0.5, 0.6) is 17.2 Å². The fourth-order valence-electron chi connectivity index (χ4n) is 2.56. The second-order valence-electron chi connectivity index (χ2n) is 5.81. The van der Waals surface area contributed by atoms with Crippen molar-refractivity contribution >= 4 is 33.7 Å². The maximum Gasteiger partial charge on any atom is 0.262 e. The third kappa shape index (κ3) is 5.63. The summed E-state index contributed by atoms with van der Waals surface area (Å²) in [4.78, 5) is 12.4. The molecule has 0 bridgehead atoms. The summed E-state index contributed by atoms with van der Waals surface area (Å²) in [5.41, 5.74) is 4.11. The first-order valence-corrected chi connectivity index (χ1v) is 9.46. The van der Waals surface area contributed by atoms with Crippen LogP contribution in [0.25, 0.3) is 0 Å². The molecule has 0 spiro atoms. The molecule has 2 aromatic rings. The Labute approximate surface area is 173 Å². The molecule has 0 aliphatic carbocycles. The molecule has 2 N–H and O–H groups in total. The Morgan fingerprint density at radius 1 is 1.14 bits per heavy atom. The van der Waals surface area contributed by atoms with Gasteiger partial charge < -0.3 is 19.5 Å². The highest BCUT2D eigenvalue weighted by molar-refractivity contribution is 9.10. The van der Waals surface area contributed by atoms with E-state index in [4.69, 9.17) is 14.2 Å². The van der Waals surface area contributed by atoms with Crippen LogP contribution >= 0.6 is 15.9 Å². The van der Waals surface area contributed by atoms with Gasteiger partial charge in [-0.2, -0.15) is 5.10 Å². The van der Waals surface area contributed by atoms with E-state index in [0.717, 1.165) is 10.2 Å². The zero-order valence-electron chi connectivity index (χ0n) is 16.3. The highest BCUT2D eigenvalue weighted by Gasteiger charge is 2.16. The maximum absolute atomic E-state index is 12.4. The van der Waals surface area contributed by atoms with E-state index in [1.807, 2.05) is 31.2 Å². The lowest BCUT2D eigenvalue weighted by atomic mass is 10.2. The number of nitrogens with zero attached hydrogens (tertiary/aromatic N) is 1. The molecule has 2 aromatic carbocycles. The summed E-state index contributed by atoms with van der Waals surface area (Å²) in [6.45, 7) is 1.93. The number of halogens is 1. The third-order valence-corrected chi connectivity index (χ3v) is 4.46. The number of methoxy groups -OCH3 is 3. The molecule has 1 atom stereocenters. The topological polar surface area (TPSA) is 81.2 Å². The maximum atomic E-state index is 12.4. The number of nitrogens with one attached hydrogen (secondary N) is 2. The molecule has 150 valence electrons. The van der Waals surface area contributed by atoms with Crippen LogP contribution < -0.4 is 25.0 Å². The first-order chi connectivity index (χ1) is 13.5. The largest absolute Gasteiger partial charge is 0.493 e. The van der Waals surface area contributed by atoms with Gasteiger partial charge in [0.1, 0.15) is 6.04 Å². The Morgan fingerprint density at radius 2 is 1.82 bits per heavy atom. The van der Waals surface area contributed by atoms with E-state index in [-0.39, 0.29) is 5.91 Å². The number of hydrogen-bond acceptors (Lipinski definition) is 6. The van der Waals surface area contributed by atoms with Crippen LogP contribution in [0.3, 0.4) is 0 Å². The molecule has 0 saturated carbocycles. The average Bonchev–Trinajstić information content (AvgIpc) is 2.71. The molecule has 28 heavy (non-hydrogen) atoms. The number of ether oxygens (including phenoxy) is 3. The second kappa shape index (κ2) is 10.6. The zero-order valence-corrected chi connectivity index (χ0v) is 17.9. The monoisotopic (exact) mass is 449 g/mol. The molecule has 0 heterocycles. The molecule has 0 aliphatic heterocycles. The summed E-state index contributed by atoms with van der Waals surface area (Å²) in [6.07, 6.45) is 2.13. The van der Waals surface area contributed by atoms with E-state index in [0.29, 0.717) is 29.2 Å². The molecule has 1 unspecified atom stereocenters. The lowest BCUT2D eigenvalue weighted by Gasteiger charge is -2.16. The second-order valence-corrected chi connectivity index (χ2v) is 6.72. The molecule has 8 heteroatoms. The van der Waals surface area contributed by atoms with E-state index < -0.39 is 6.04 Å². The number of hydrogen-bond donors (Lipinski definition) is 2. The number of carbonyl (C=O) groups excluding carboxylic acids is 1. The number of rotatable bonds is 9. The highest BCUT2D eigenvalue weighted by Crippen LogP contribution is 2.37. The molecule has 0 fully saturated rings. The van der Waals surface area contributed by atoms with Crippen molar-refractivity contribution in [2.45, 2.75) is 19.4 Å². The summed E-state index contributed by atoms with van der Waals surface area (Å²) >= 11 is 3.42. The van der Waals surface area contributed by atoms with Gasteiger partial charge >= 0.3 is 0 Å². The Hall–Kier alpha value is -2.74. The summed E-state index contributed by atoms with van der Waals surface area (Å²) in [5, 5.41) is 7.25. The van der Waals surface area contributed by atoms with Gasteiger partial charge in [-0.3, -0.25) is 4.79 Å². The van der Waals surface area contributed by atoms with E-state index in [1.54, 1.807) is 26.4 Å². The normalized spacial score (nSPS) is 11.8. The van der Waals surface area contributed by atoms with Crippen molar-refractivity contribution in [3.05, 3.63) is 46.4 Å². The number of anilines is 1. The predicted octanol–water partition coefficient (Wildman–Crippen LogP) is 3.82. The molecule has 0 radical (unpaired) electrons. The van der Waals surface area contributed by atoms with E-state index >= 15 is 0 Å². The van der Waals surface area contributed by atoms with Crippen molar-refractivity contribution < 1.29 is 19.0 Å². The minimum atomic E-state index is -0.411. The lowest BCUT2D eigenvalue weighted by molar-refractivity contribution is -0.121. The Bertz CT molecular complexity index is 817. The van der Waals surface area contributed by atoms with Gasteiger partial charge in [0.2, 0.25) is 5.75 Å². The number of benzene rings is 2. The fraction of sp³-hybridized carbons (Fsp3) is 0.300. The molecular weight excluding hydrogens is 426 g/mol. The summed E-state index contributed by atoms with van der Waals surface area (Å²) in [5.74, 6) is 1.29. The molecule has 0 aliphatic rings. The minimum absolute atomic E-state index is 0.230. The summed E-state index contributed by atoms with van der Waals surface area (Å²) in [6, 6.07) is 10.7. The van der Waals surface area contributed by atoms with Crippen LogP contribution in [-0.4, -0.2) is 39.5 Å². The van der Waals surface area contributed by atoms with Gasteiger partial charge in [0.25, 0.3) is 5.91 Å². The number of carbonyl (C=O) groups is 1. The van der Waals surface area contributed by atoms with E-state index in [2.05, 4.69) is 31.8 Å². The number of amides is 1. The van der Waals surface area contributed by atoms with Crippen molar-refractivity contribution in [2.24, 2.45) is 5.10 Å². The average molecular weight is 450 g/mol. The molecular formula is C20H24BrN3O4. The minimum Gasteiger partial charge on any atom is -0.493 e. The van der Waals surface area contributed by atoms with Gasteiger partial charge in [0, 0.05) is 15.7 Å². The Morgan fingerprint density at radius 3 is 2.36 bits per heavy atom. The van der Waals surface area contributed by atoms with Crippen molar-refractivity contribution in [3.8, 4) is 17.2 Å². The zero-order chi connectivity index (χ0) is 20.5. The van der Waals surface area contributed by atoms with Crippen LogP contribution in [0.4, 0.5) is 5.69 Å². The van der Waals surface area contributed by atoms with Gasteiger partial charge in [0.15, 0.2) is 11.5 Å². The summed E-state index contributed by atoms with van der Waals surface area (Å²) in [7, 11) is 4.62. The fourth-order valence-corrected chi connectivity index (χ4v) is 2.96. The quantitative estimate of drug-likeness (QED) is 0.449. The van der Waals surface area contributed by atoms with Gasteiger partial charge in [-0.15, -0.1) is 0 Å². The van der Waals surface area contributed by atoms with Crippen LogP contribution in [0.15, 0.2) is 46.0 Å². The first-order valence-electron chi connectivity index (χ1n) is 8.67. The van der Waals surface area contributed by atoms with Crippen molar-refractivity contribution in [2.75, 3.05) is 26.6 Å². The van der Waals surface area contributed by atoms with Crippen LogP contribution in [0, 0.1) is 0 Å². The highest BCUT2D eigenvalue weighted by atomic mass is 79.9. The van der Waals surface area contributed by atoms with E-state index in [9.17, 15) is 4.79 Å². The molecule has 7 nitrogen and oxygen atoms in total. The van der Waals surface area contributed by atoms with E-state index in [1.165, 1.54) is 13.3 Å². The molecule has 0 aromatic heterocycles. The molecule has 0 saturated heterocycles.